The van der Waals surface area contributed by atoms with Crippen LogP contribution in [0, 0.1) is 0 Å². The SMILES string of the molecule is Nc1nc2cnccc2n1Cc1nccs1. The highest BCUT2D eigenvalue weighted by atomic mass is 32.1. The molecule has 16 heavy (non-hydrogen) atoms. The van der Waals surface area contributed by atoms with Gasteiger partial charge in [-0.1, -0.05) is 0 Å². The van der Waals surface area contributed by atoms with Crippen molar-refractivity contribution in [1.29, 1.82) is 0 Å². The second-order valence-electron chi connectivity index (χ2n) is 3.35. The molecule has 0 saturated carbocycles. The number of hydrogen-bond donors (Lipinski definition) is 1. The number of anilines is 1. The lowest BCUT2D eigenvalue weighted by atomic mass is 10.4. The van der Waals surface area contributed by atoms with Crippen LogP contribution >= 0.6 is 11.3 Å². The van der Waals surface area contributed by atoms with Crippen LogP contribution in [0.4, 0.5) is 5.95 Å². The fourth-order valence-electron chi connectivity index (χ4n) is 1.63. The van der Waals surface area contributed by atoms with E-state index in [1.165, 1.54) is 0 Å². The Kier molecular flexibility index (Phi) is 2.07. The average molecular weight is 231 g/mol. The number of thiazole rings is 1. The number of nitrogens with two attached hydrogens (primary N) is 1. The van der Waals surface area contributed by atoms with Crippen molar-refractivity contribution in [2.24, 2.45) is 0 Å². The molecule has 3 aromatic rings. The zero-order valence-corrected chi connectivity index (χ0v) is 9.18. The molecule has 3 rings (SSSR count). The molecule has 0 unspecified atom stereocenters. The van der Waals surface area contributed by atoms with Gasteiger partial charge in [0.15, 0.2) is 0 Å². The van der Waals surface area contributed by atoms with Crippen LogP contribution in [0.15, 0.2) is 30.0 Å². The minimum Gasteiger partial charge on any atom is -0.369 e. The highest BCUT2D eigenvalue weighted by Crippen LogP contribution is 2.18. The Hall–Kier alpha value is -1.95. The number of fused-ring (bicyclic) bond motifs is 1. The number of nitrogen functional groups attached to an aromatic ring is 1. The molecular formula is C10H9N5S. The number of imidazole rings is 1. The summed E-state index contributed by atoms with van der Waals surface area (Å²) in [6, 6.07) is 1.91. The lowest BCUT2D eigenvalue weighted by Crippen LogP contribution is -2.04. The molecule has 3 aromatic heterocycles. The Labute approximate surface area is 95.6 Å². The van der Waals surface area contributed by atoms with E-state index in [9.17, 15) is 0 Å². The first kappa shape index (κ1) is 9.29. The van der Waals surface area contributed by atoms with E-state index < -0.39 is 0 Å². The maximum absolute atomic E-state index is 5.87. The molecule has 3 heterocycles. The molecule has 0 aromatic carbocycles. The number of hydrogen-bond acceptors (Lipinski definition) is 5. The topological polar surface area (TPSA) is 69.6 Å². The van der Waals surface area contributed by atoms with Gasteiger partial charge < -0.3 is 10.3 Å². The Balaban J connectivity index is 2.12. The van der Waals surface area contributed by atoms with Gasteiger partial charge >= 0.3 is 0 Å². The third-order valence-electron chi connectivity index (χ3n) is 2.36. The molecule has 0 fully saturated rings. The molecule has 80 valence electrons. The normalized spacial score (nSPS) is 11.0. The van der Waals surface area contributed by atoms with E-state index in [1.807, 2.05) is 16.0 Å². The van der Waals surface area contributed by atoms with Crippen LogP contribution in [-0.2, 0) is 6.54 Å². The fourth-order valence-corrected chi connectivity index (χ4v) is 2.24. The molecule has 0 spiro atoms. The summed E-state index contributed by atoms with van der Waals surface area (Å²) in [4.78, 5) is 12.5. The first-order chi connectivity index (χ1) is 7.84. The minimum atomic E-state index is 0.498. The van der Waals surface area contributed by atoms with Crippen molar-refractivity contribution >= 4 is 28.3 Å². The highest BCUT2D eigenvalue weighted by molar-refractivity contribution is 7.09. The Morgan fingerprint density at radius 3 is 3.12 bits per heavy atom. The van der Waals surface area contributed by atoms with E-state index in [0.29, 0.717) is 12.5 Å². The van der Waals surface area contributed by atoms with Crippen molar-refractivity contribution < 1.29 is 0 Å². The zero-order valence-electron chi connectivity index (χ0n) is 8.37. The maximum atomic E-state index is 5.87. The summed E-state index contributed by atoms with van der Waals surface area (Å²) in [6.07, 6.45) is 5.24. The Bertz CT molecular complexity index is 613. The molecule has 5 nitrogen and oxygen atoms in total. The molecule has 2 N–H and O–H groups in total. The lowest BCUT2D eigenvalue weighted by molar-refractivity contribution is 0.829. The van der Waals surface area contributed by atoms with Crippen LogP contribution in [0.3, 0.4) is 0 Å². The molecule has 0 aliphatic heterocycles. The molecule has 0 atom stereocenters. The molecule has 0 aliphatic carbocycles. The minimum absolute atomic E-state index is 0.498. The van der Waals surface area contributed by atoms with Gasteiger partial charge in [0.2, 0.25) is 5.95 Å². The van der Waals surface area contributed by atoms with Crippen molar-refractivity contribution in [3.63, 3.8) is 0 Å². The van der Waals surface area contributed by atoms with E-state index in [2.05, 4.69) is 15.0 Å². The van der Waals surface area contributed by atoms with Gasteiger partial charge in [-0.15, -0.1) is 11.3 Å². The molecular weight excluding hydrogens is 222 g/mol. The number of pyridine rings is 1. The van der Waals surface area contributed by atoms with Crippen molar-refractivity contribution in [2.75, 3.05) is 5.73 Å². The van der Waals surface area contributed by atoms with Gasteiger partial charge in [-0.05, 0) is 6.07 Å². The zero-order chi connectivity index (χ0) is 11.0. The van der Waals surface area contributed by atoms with Crippen molar-refractivity contribution in [1.82, 2.24) is 19.5 Å². The van der Waals surface area contributed by atoms with E-state index in [1.54, 1.807) is 29.9 Å². The predicted octanol–water partition coefficient (Wildman–Crippen LogP) is 1.52. The molecule has 0 bridgehead atoms. The summed E-state index contributed by atoms with van der Waals surface area (Å²) in [6.45, 7) is 0.657. The van der Waals surface area contributed by atoms with Crippen LogP contribution in [0.1, 0.15) is 5.01 Å². The first-order valence-electron chi connectivity index (χ1n) is 4.78. The summed E-state index contributed by atoms with van der Waals surface area (Å²) in [5.74, 6) is 0.498. The van der Waals surface area contributed by atoms with Gasteiger partial charge in [-0.2, -0.15) is 0 Å². The van der Waals surface area contributed by atoms with Crippen molar-refractivity contribution in [2.45, 2.75) is 6.54 Å². The van der Waals surface area contributed by atoms with E-state index in [4.69, 9.17) is 5.73 Å². The lowest BCUT2D eigenvalue weighted by Gasteiger charge is -2.02. The summed E-state index contributed by atoms with van der Waals surface area (Å²) in [5, 5.41) is 2.97. The summed E-state index contributed by atoms with van der Waals surface area (Å²) < 4.78 is 1.94. The average Bonchev–Trinajstić information content (AvgIpc) is 2.89. The van der Waals surface area contributed by atoms with Gasteiger partial charge in [0.1, 0.15) is 10.5 Å². The van der Waals surface area contributed by atoms with Crippen molar-refractivity contribution in [3.8, 4) is 0 Å². The van der Waals surface area contributed by atoms with Gasteiger partial charge in [-0.3, -0.25) is 4.98 Å². The van der Waals surface area contributed by atoms with Crippen LogP contribution in [0.25, 0.3) is 11.0 Å². The quantitative estimate of drug-likeness (QED) is 0.726. The number of aromatic nitrogens is 4. The Morgan fingerprint density at radius 1 is 1.38 bits per heavy atom. The summed E-state index contributed by atoms with van der Waals surface area (Å²) >= 11 is 1.61. The molecule has 6 heteroatoms. The van der Waals surface area contributed by atoms with Gasteiger partial charge in [0, 0.05) is 17.8 Å². The van der Waals surface area contributed by atoms with Crippen LogP contribution in [0.2, 0.25) is 0 Å². The third-order valence-corrected chi connectivity index (χ3v) is 3.12. The standard InChI is InChI=1S/C10H9N5S/c11-10-14-7-5-12-2-1-8(7)15(10)6-9-13-3-4-16-9/h1-5H,6H2,(H2,11,14). The second kappa shape index (κ2) is 3.57. The van der Waals surface area contributed by atoms with Crippen molar-refractivity contribution in [3.05, 3.63) is 35.0 Å². The van der Waals surface area contributed by atoms with Crippen LogP contribution in [0.5, 0.6) is 0 Å². The smallest absolute Gasteiger partial charge is 0.201 e. The highest BCUT2D eigenvalue weighted by Gasteiger charge is 2.08. The molecule has 0 saturated heterocycles. The second-order valence-corrected chi connectivity index (χ2v) is 4.33. The third kappa shape index (κ3) is 1.43. The maximum Gasteiger partial charge on any atom is 0.201 e. The van der Waals surface area contributed by atoms with Gasteiger partial charge in [0.05, 0.1) is 18.3 Å². The van der Waals surface area contributed by atoms with Gasteiger partial charge in [-0.25, -0.2) is 9.97 Å². The first-order valence-corrected chi connectivity index (χ1v) is 5.66. The van der Waals surface area contributed by atoms with Crippen LogP contribution < -0.4 is 5.73 Å². The molecule has 0 radical (unpaired) electrons. The van der Waals surface area contributed by atoms with Gasteiger partial charge in [0.25, 0.3) is 0 Å². The predicted molar refractivity (Wildman–Crippen MR) is 63.2 cm³/mol. The van der Waals surface area contributed by atoms with E-state index >= 15 is 0 Å². The monoisotopic (exact) mass is 231 g/mol. The van der Waals surface area contributed by atoms with E-state index in [0.717, 1.165) is 16.0 Å². The summed E-state index contributed by atoms with van der Waals surface area (Å²) in [7, 11) is 0. The van der Waals surface area contributed by atoms with Crippen LogP contribution in [-0.4, -0.2) is 19.5 Å². The molecule has 0 amide bonds. The Morgan fingerprint density at radius 2 is 2.31 bits per heavy atom. The van der Waals surface area contributed by atoms with E-state index in [-0.39, 0.29) is 0 Å². The molecule has 0 aliphatic rings. The number of nitrogens with zero attached hydrogens (tertiary/aromatic N) is 4. The number of rotatable bonds is 2. The largest absolute Gasteiger partial charge is 0.369 e. The summed E-state index contributed by atoms with van der Waals surface area (Å²) in [5.41, 5.74) is 7.68. The fraction of sp³-hybridized carbons (Fsp3) is 0.100.